The van der Waals surface area contributed by atoms with Gasteiger partial charge < -0.3 is 14.9 Å². The molecule has 4 nitrogen and oxygen atoms in total. The fraction of sp³-hybridized carbons (Fsp3) is 0.353. The number of fused-ring (bicyclic) bond motifs is 1. The van der Waals surface area contributed by atoms with Crippen molar-refractivity contribution in [2.24, 2.45) is 0 Å². The van der Waals surface area contributed by atoms with Crippen molar-refractivity contribution in [1.82, 2.24) is 5.32 Å². The third-order valence-corrected chi connectivity index (χ3v) is 7.25. The Balaban J connectivity index is 1.41. The molecule has 3 aromatic carbocycles. The summed E-state index contributed by atoms with van der Waals surface area (Å²) < 4.78 is 20.6. The van der Waals surface area contributed by atoms with E-state index < -0.39 is 6.30 Å². The van der Waals surface area contributed by atoms with Gasteiger partial charge in [0.05, 0.1) is 0 Å². The number of hydrogen-bond donors (Lipinski definition) is 3. The molecule has 206 valence electrons. The van der Waals surface area contributed by atoms with Crippen molar-refractivity contribution in [3.8, 4) is 17.2 Å². The van der Waals surface area contributed by atoms with Crippen LogP contribution in [0.2, 0.25) is 0 Å². The molecule has 0 aromatic heterocycles. The molecule has 5 heteroatoms. The third kappa shape index (κ3) is 7.73. The molecule has 1 aliphatic rings. The van der Waals surface area contributed by atoms with Gasteiger partial charge in [-0.15, -0.1) is 0 Å². The van der Waals surface area contributed by atoms with E-state index in [4.69, 9.17) is 4.74 Å². The largest absolute Gasteiger partial charge is 0.508 e. The first kappa shape index (κ1) is 28.4. The van der Waals surface area contributed by atoms with E-state index in [1.165, 1.54) is 25.7 Å². The number of allylic oxidation sites excluding steroid dienone is 1. The summed E-state index contributed by atoms with van der Waals surface area (Å²) in [5, 5.41) is 23.2. The fourth-order valence-corrected chi connectivity index (χ4v) is 5.10. The van der Waals surface area contributed by atoms with Crippen LogP contribution in [-0.2, 0) is 0 Å². The molecule has 1 aliphatic heterocycles. The Labute approximate surface area is 231 Å². The topological polar surface area (TPSA) is 61.7 Å². The number of aromatic hydroxyl groups is 2. The maximum absolute atomic E-state index is 14.1. The molecule has 1 heterocycles. The number of alkyl halides is 1. The number of hydrogen-bond acceptors (Lipinski definition) is 4. The molecule has 0 aliphatic carbocycles. The molecule has 3 N–H and O–H groups in total. The Bertz CT molecular complexity index is 1280. The van der Waals surface area contributed by atoms with E-state index in [0.29, 0.717) is 18.7 Å². The van der Waals surface area contributed by atoms with Crippen molar-refractivity contribution in [2.45, 2.75) is 71.2 Å². The zero-order valence-electron chi connectivity index (χ0n) is 23.0. The second-order valence-electron chi connectivity index (χ2n) is 10.3. The average molecular weight is 530 g/mol. The highest BCUT2D eigenvalue weighted by atomic mass is 19.1. The van der Waals surface area contributed by atoms with Crippen LogP contribution in [-0.4, -0.2) is 23.1 Å². The minimum absolute atomic E-state index is 0.178. The molecule has 0 saturated heterocycles. The molecule has 3 aromatic rings. The predicted octanol–water partition coefficient (Wildman–Crippen LogP) is 8.81. The second-order valence-corrected chi connectivity index (χ2v) is 10.3. The second kappa shape index (κ2) is 14.0. The number of phenols is 2. The highest BCUT2D eigenvalue weighted by Gasteiger charge is 2.29. The van der Waals surface area contributed by atoms with E-state index in [1.807, 2.05) is 55.5 Å². The van der Waals surface area contributed by atoms with E-state index in [2.05, 4.69) is 12.2 Å². The van der Waals surface area contributed by atoms with Crippen molar-refractivity contribution in [3.05, 3.63) is 95.1 Å². The molecule has 0 radical (unpaired) electrons. The van der Waals surface area contributed by atoms with Gasteiger partial charge in [0.2, 0.25) is 0 Å². The van der Waals surface area contributed by atoms with Crippen LogP contribution in [0.25, 0.3) is 17.2 Å². The lowest BCUT2D eigenvalue weighted by molar-refractivity contribution is 0.258. The van der Waals surface area contributed by atoms with E-state index in [9.17, 15) is 14.6 Å². The number of unbranched alkanes of at least 4 members (excludes halogenated alkanes) is 5. The summed E-state index contributed by atoms with van der Waals surface area (Å²) in [4.78, 5) is 0. The van der Waals surface area contributed by atoms with Crippen molar-refractivity contribution in [3.63, 3.8) is 0 Å². The predicted molar refractivity (Wildman–Crippen MR) is 158 cm³/mol. The zero-order chi connectivity index (χ0) is 27.6. The van der Waals surface area contributed by atoms with Gasteiger partial charge in [-0.2, -0.15) is 0 Å². The van der Waals surface area contributed by atoms with Crippen molar-refractivity contribution in [2.75, 3.05) is 6.54 Å². The van der Waals surface area contributed by atoms with Gasteiger partial charge in [0.15, 0.2) is 6.30 Å². The van der Waals surface area contributed by atoms with Crippen LogP contribution in [0.4, 0.5) is 4.39 Å². The maximum Gasteiger partial charge on any atom is 0.151 e. The Morgan fingerprint density at radius 2 is 1.67 bits per heavy atom. The molecule has 2 unspecified atom stereocenters. The van der Waals surface area contributed by atoms with Gasteiger partial charge in [0, 0.05) is 17.7 Å². The Morgan fingerprint density at radius 1 is 0.923 bits per heavy atom. The Morgan fingerprint density at radius 3 is 2.44 bits per heavy atom. The highest BCUT2D eigenvalue weighted by molar-refractivity contribution is 5.95. The Hall–Kier alpha value is -3.57. The zero-order valence-corrected chi connectivity index (χ0v) is 23.0. The summed E-state index contributed by atoms with van der Waals surface area (Å²) in [6, 6.07) is 20.4. The monoisotopic (exact) mass is 529 g/mol. The average Bonchev–Trinajstić information content (AvgIpc) is 2.93. The fourth-order valence-electron chi connectivity index (χ4n) is 5.10. The first-order valence-electron chi connectivity index (χ1n) is 14.1. The summed E-state index contributed by atoms with van der Waals surface area (Å²) in [6.45, 7) is 4.70. The van der Waals surface area contributed by atoms with Gasteiger partial charge >= 0.3 is 0 Å². The standard InChI is InChI=1S/C34H40FNO3/c1-3-4-5-6-7-8-14-32(35)36-21-10-11-25-15-17-26(18-16-25)34-33(27-12-9-13-28(37)22-27)24(2)30-23-29(38)19-20-31(30)39-34/h9-13,15-20,22-23,32,34,36-38H,3-8,14,21H2,1-2H3/b11-10+. The number of rotatable bonds is 13. The molecule has 4 rings (SSSR count). The molecule has 0 fully saturated rings. The molecular formula is C34H40FNO3. The molecule has 2 atom stereocenters. The lowest BCUT2D eigenvalue weighted by Gasteiger charge is -2.31. The number of halogens is 1. The Kier molecular flexibility index (Phi) is 10.2. The maximum atomic E-state index is 14.1. The van der Waals surface area contributed by atoms with E-state index in [0.717, 1.165) is 46.2 Å². The van der Waals surface area contributed by atoms with Crippen LogP contribution in [0.3, 0.4) is 0 Å². The SMILES string of the molecule is CCCCCCCCC(F)NC/C=C/c1ccc(C2Oc3ccc(O)cc3C(C)=C2c2cccc(O)c2)cc1. The lowest BCUT2D eigenvalue weighted by Crippen LogP contribution is -2.24. The smallest absolute Gasteiger partial charge is 0.151 e. The molecule has 0 spiro atoms. The van der Waals surface area contributed by atoms with Crippen molar-refractivity contribution < 1.29 is 19.3 Å². The number of nitrogens with one attached hydrogen (secondary N) is 1. The summed E-state index contributed by atoms with van der Waals surface area (Å²) in [5.74, 6) is 1.07. The first-order chi connectivity index (χ1) is 19.0. The van der Waals surface area contributed by atoms with Crippen LogP contribution in [0.5, 0.6) is 17.2 Å². The molecule has 0 saturated carbocycles. The van der Waals surface area contributed by atoms with Crippen LogP contribution >= 0.6 is 0 Å². The molecule has 0 amide bonds. The quantitative estimate of drug-likeness (QED) is 0.153. The van der Waals surface area contributed by atoms with Crippen LogP contribution < -0.4 is 10.1 Å². The van der Waals surface area contributed by atoms with Gasteiger partial charge in [-0.3, -0.25) is 5.32 Å². The number of ether oxygens (including phenoxy) is 1. The first-order valence-corrected chi connectivity index (χ1v) is 14.1. The van der Waals surface area contributed by atoms with E-state index in [-0.39, 0.29) is 17.6 Å². The van der Waals surface area contributed by atoms with E-state index in [1.54, 1.807) is 30.3 Å². The van der Waals surface area contributed by atoms with Crippen LogP contribution in [0.1, 0.15) is 87.2 Å². The van der Waals surface area contributed by atoms with Gasteiger partial charge in [0.25, 0.3) is 0 Å². The molecule has 39 heavy (non-hydrogen) atoms. The summed E-state index contributed by atoms with van der Waals surface area (Å²) in [7, 11) is 0. The van der Waals surface area contributed by atoms with Gasteiger partial charge in [0.1, 0.15) is 23.4 Å². The van der Waals surface area contributed by atoms with Crippen molar-refractivity contribution in [1.29, 1.82) is 0 Å². The van der Waals surface area contributed by atoms with Gasteiger partial charge in [-0.1, -0.05) is 87.6 Å². The number of phenolic OH excluding ortho intramolecular Hbond substituents is 2. The summed E-state index contributed by atoms with van der Waals surface area (Å²) in [5.41, 5.74) is 5.62. The van der Waals surface area contributed by atoms with Crippen LogP contribution in [0.15, 0.2) is 72.8 Å². The van der Waals surface area contributed by atoms with Gasteiger partial charge in [-0.25, -0.2) is 4.39 Å². The normalized spacial score (nSPS) is 15.8. The van der Waals surface area contributed by atoms with Crippen LogP contribution in [0, 0.1) is 0 Å². The van der Waals surface area contributed by atoms with Gasteiger partial charge in [-0.05, 0) is 72.4 Å². The number of benzene rings is 3. The molecule has 0 bridgehead atoms. The van der Waals surface area contributed by atoms with Crippen molar-refractivity contribution >= 4 is 17.2 Å². The molecular weight excluding hydrogens is 489 g/mol. The minimum Gasteiger partial charge on any atom is -0.508 e. The minimum atomic E-state index is -0.970. The van der Waals surface area contributed by atoms with E-state index >= 15 is 0 Å². The summed E-state index contributed by atoms with van der Waals surface area (Å²) in [6.07, 6.45) is 10.1. The third-order valence-electron chi connectivity index (χ3n) is 7.25. The lowest BCUT2D eigenvalue weighted by atomic mass is 9.86. The summed E-state index contributed by atoms with van der Waals surface area (Å²) >= 11 is 0. The highest BCUT2D eigenvalue weighted by Crippen LogP contribution is 2.47.